The van der Waals surface area contributed by atoms with E-state index in [0.717, 1.165) is 16.9 Å². The predicted molar refractivity (Wildman–Crippen MR) is 75.5 cm³/mol. The van der Waals surface area contributed by atoms with Crippen LogP contribution in [0.1, 0.15) is 21.5 Å². The normalized spacial score (nSPS) is 10.1. The van der Waals surface area contributed by atoms with Crippen LogP contribution in [-0.4, -0.2) is 18.2 Å². The largest absolute Gasteiger partial charge is 0.497 e. The smallest absolute Gasteiger partial charge is 0.335 e. The standard InChI is InChI=1S/C16H16O4/c1-11-6-7-12(8-15(11)16(17)18)10-20-14-5-3-4-13(9-14)19-2/h3-9H,10H2,1-2H3,(H,17,18). The molecular formula is C16H16O4. The van der Waals surface area contributed by atoms with Crippen LogP contribution in [-0.2, 0) is 6.61 Å². The molecule has 0 aliphatic rings. The zero-order chi connectivity index (χ0) is 14.5. The summed E-state index contributed by atoms with van der Waals surface area (Å²) in [4.78, 5) is 11.1. The van der Waals surface area contributed by atoms with Crippen molar-refractivity contribution in [3.05, 3.63) is 59.2 Å². The van der Waals surface area contributed by atoms with Crippen LogP contribution < -0.4 is 9.47 Å². The minimum Gasteiger partial charge on any atom is -0.497 e. The van der Waals surface area contributed by atoms with E-state index in [1.165, 1.54) is 0 Å². The fourth-order valence-electron chi connectivity index (χ4n) is 1.85. The van der Waals surface area contributed by atoms with E-state index in [0.29, 0.717) is 17.9 Å². The maximum absolute atomic E-state index is 11.1. The monoisotopic (exact) mass is 272 g/mol. The van der Waals surface area contributed by atoms with E-state index in [9.17, 15) is 4.79 Å². The summed E-state index contributed by atoms with van der Waals surface area (Å²) in [6, 6.07) is 12.6. The van der Waals surface area contributed by atoms with Crippen molar-refractivity contribution in [3.8, 4) is 11.5 Å². The van der Waals surface area contributed by atoms with Crippen LogP contribution in [0.5, 0.6) is 11.5 Å². The van der Waals surface area contributed by atoms with Crippen molar-refractivity contribution in [3.63, 3.8) is 0 Å². The first-order chi connectivity index (χ1) is 9.60. The molecule has 0 saturated carbocycles. The first kappa shape index (κ1) is 13.9. The SMILES string of the molecule is COc1cccc(OCc2ccc(C)c(C(=O)O)c2)c1. The van der Waals surface area contributed by atoms with Gasteiger partial charge in [0.05, 0.1) is 12.7 Å². The van der Waals surface area contributed by atoms with Crippen molar-refractivity contribution in [2.75, 3.05) is 7.11 Å². The lowest BCUT2D eigenvalue weighted by Gasteiger charge is -2.09. The van der Waals surface area contributed by atoms with E-state index < -0.39 is 5.97 Å². The van der Waals surface area contributed by atoms with E-state index in [1.807, 2.05) is 24.3 Å². The van der Waals surface area contributed by atoms with Gasteiger partial charge in [-0.2, -0.15) is 0 Å². The van der Waals surface area contributed by atoms with Crippen LogP contribution in [0.25, 0.3) is 0 Å². The van der Waals surface area contributed by atoms with Crippen LogP contribution in [0.4, 0.5) is 0 Å². The van der Waals surface area contributed by atoms with Crippen LogP contribution in [0, 0.1) is 6.92 Å². The molecule has 0 amide bonds. The van der Waals surface area contributed by atoms with Gasteiger partial charge < -0.3 is 14.6 Å². The first-order valence-corrected chi connectivity index (χ1v) is 6.20. The number of carboxylic acids is 1. The predicted octanol–water partition coefficient (Wildman–Crippen LogP) is 3.28. The number of aromatic carboxylic acids is 1. The summed E-state index contributed by atoms with van der Waals surface area (Å²) >= 11 is 0. The van der Waals surface area contributed by atoms with Gasteiger partial charge in [0.1, 0.15) is 18.1 Å². The van der Waals surface area contributed by atoms with Crippen molar-refractivity contribution >= 4 is 5.97 Å². The average molecular weight is 272 g/mol. The van der Waals surface area contributed by atoms with E-state index in [-0.39, 0.29) is 0 Å². The third-order valence-electron chi connectivity index (χ3n) is 2.98. The number of benzene rings is 2. The zero-order valence-corrected chi connectivity index (χ0v) is 11.4. The number of carboxylic acid groups (broad SMARTS) is 1. The second kappa shape index (κ2) is 6.10. The van der Waals surface area contributed by atoms with Crippen LogP contribution in [0.15, 0.2) is 42.5 Å². The molecule has 20 heavy (non-hydrogen) atoms. The second-order valence-electron chi connectivity index (χ2n) is 4.42. The maximum atomic E-state index is 11.1. The van der Waals surface area contributed by atoms with Gasteiger partial charge in [-0.15, -0.1) is 0 Å². The molecule has 2 aromatic carbocycles. The summed E-state index contributed by atoms with van der Waals surface area (Å²) in [5, 5.41) is 9.09. The Hall–Kier alpha value is -2.49. The summed E-state index contributed by atoms with van der Waals surface area (Å²) in [6.07, 6.45) is 0. The minimum atomic E-state index is -0.925. The topological polar surface area (TPSA) is 55.8 Å². The Labute approximate surface area is 117 Å². The van der Waals surface area contributed by atoms with E-state index in [4.69, 9.17) is 14.6 Å². The van der Waals surface area contributed by atoms with Gasteiger partial charge in [0.25, 0.3) is 0 Å². The molecule has 1 N–H and O–H groups in total. The van der Waals surface area contributed by atoms with Gasteiger partial charge in [-0.05, 0) is 36.2 Å². The van der Waals surface area contributed by atoms with Gasteiger partial charge in [0.15, 0.2) is 0 Å². The molecule has 2 rings (SSSR count). The molecule has 0 saturated heterocycles. The van der Waals surface area contributed by atoms with Crippen LogP contribution >= 0.6 is 0 Å². The number of carbonyl (C=O) groups is 1. The van der Waals surface area contributed by atoms with Crippen molar-refractivity contribution < 1.29 is 19.4 Å². The highest BCUT2D eigenvalue weighted by Gasteiger charge is 2.08. The first-order valence-electron chi connectivity index (χ1n) is 6.20. The number of methoxy groups -OCH3 is 1. The lowest BCUT2D eigenvalue weighted by atomic mass is 10.1. The molecule has 0 aliphatic heterocycles. The number of hydrogen-bond acceptors (Lipinski definition) is 3. The molecule has 0 radical (unpaired) electrons. The number of ether oxygens (including phenoxy) is 2. The second-order valence-corrected chi connectivity index (χ2v) is 4.42. The quantitative estimate of drug-likeness (QED) is 0.907. The number of aryl methyl sites for hydroxylation is 1. The van der Waals surface area contributed by atoms with Gasteiger partial charge in [-0.3, -0.25) is 0 Å². The van der Waals surface area contributed by atoms with Gasteiger partial charge in [0.2, 0.25) is 0 Å². The van der Waals surface area contributed by atoms with E-state index in [2.05, 4.69) is 0 Å². The van der Waals surface area contributed by atoms with Gasteiger partial charge >= 0.3 is 5.97 Å². The lowest BCUT2D eigenvalue weighted by Crippen LogP contribution is -2.03. The Balaban J connectivity index is 2.10. The fraction of sp³-hybridized carbons (Fsp3) is 0.188. The Bertz CT molecular complexity index is 620. The number of rotatable bonds is 5. The molecule has 0 fully saturated rings. The molecule has 0 aromatic heterocycles. The molecule has 4 nitrogen and oxygen atoms in total. The van der Waals surface area contributed by atoms with Crippen molar-refractivity contribution in [2.24, 2.45) is 0 Å². The van der Waals surface area contributed by atoms with Crippen LogP contribution in [0.2, 0.25) is 0 Å². The van der Waals surface area contributed by atoms with Crippen molar-refractivity contribution in [1.82, 2.24) is 0 Å². The Morgan fingerprint density at radius 1 is 1.15 bits per heavy atom. The molecule has 0 aliphatic carbocycles. The fourth-order valence-corrected chi connectivity index (χ4v) is 1.85. The molecule has 2 aromatic rings. The summed E-state index contributed by atoms with van der Waals surface area (Å²) in [6.45, 7) is 2.09. The summed E-state index contributed by atoms with van der Waals surface area (Å²) < 4.78 is 10.8. The van der Waals surface area contributed by atoms with Gasteiger partial charge in [0, 0.05) is 6.07 Å². The summed E-state index contributed by atoms with van der Waals surface area (Å²) in [5.41, 5.74) is 1.86. The molecule has 0 spiro atoms. The van der Waals surface area contributed by atoms with Crippen molar-refractivity contribution in [1.29, 1.82) is 0 Å². The maximum Gasteiger partial charge on any atom is 0.335 e. The molecule has 0 atom stereocenters. The highest BCUT2D eigenvalue weighted by molar-refractivity contribution is 5.89. The molecule has 0 bridgehead atoms. The summed E-state index contributed by atoms with van der Waals surface area (Å²) in [5.74, 6) is 0.477. The highest BCUT2D eigenvalue weighted by Crippen LogP contribution is 2.20. The Kier molecular flexibility index (Phi) is 4.25. The lowest BCUT2D eigenvalue weighted by molar-refractivity contribution is 0.0696. The van der Waals surface area contributed by atoms with Crippen molar-refractivity contribution in [2.45, 2.75) is 13.5 Å². The average Bonchev–Trinajstić information content (AvgIpc) is 2.46. The Morgan fingerprint density at radius 3 is 2.60 bits per heavy atom. The van der Waals surface area contributed by atoms with E-state index in [1.54, 1.807) is 32.2 Å². The molecular weight excluding hydrogens is 256 g/mol. The molecule has 104 valence electrons. The van der Waals surface area contributed by atoms with Gasteiger partial charge in [-0.25, -0.2) is 4.79 Å². The molecule has 0 unspecified atom stereocenters. The van der Waals surface area contributed by atoms with Crippen LogP contribution in [0.3, 0.4) is 0 Å². The number of hydrogen-bond donors (Lipinski definition) is 1. The zero-order valence-electron chi connectivity index (χ0n) is 11.4. The third-order valence-corrected chi connectivity index (χ3v) is 2.98. The highest BCUT2D eigenvalue weighted by atomic mass is 16.5. The Morgan fingerprint density at radius 2 is 1.90 bits per heavy atom. The molecule has 4 heteroatoms. The summed E-state index contributed by atoms with van der Waals surface area (Å²) in [7, 11) is 1.60. The van der Waals surface area contributed by atoms with E-state index >= 15 is 0 Å². The molecule has 0 heterocycles. The van der Waals surface area contributed by atoms with Gasteiger partial charge in [-0.1, -0.05) is 18.2 Å². The third kappa shape index (κ3) is 3.29. The minimum absolute atomic E-state index is 0.303.